The van der Waals surface area contributed by atoms with Crippen LogP contribution in [0.2, 0.25) is 0 Å². The zero-order valence-electron chi connectivity index (χ0n) is 21.5. The van der Waals surface area contributed by atoms with Gasteiger partial charge in [0.1, 0.15) is 11.9 Å². The molecular formula is C25H32F6N2O5S. The lowest BCUT2D eigenvalue weighted by atomic mass is 9.85. The van der Waals surface area contributed by atoms with Gasteiger partial charge in [0.2, 0.25) is 0 Å². The number of hydrogen-bond donors (Lipinski definition) is 0. The van der Waals surface area contributed by atoms with E-state index < -0.39 is 34.4 Å². The van der Waals surface area contributed by atoms with E-state index in [-0.39, 0.29) is 36.2 Å². The number of amides is 1. The first kappa shape index (κ1) is 29.8. The summed E-state index contributed by atoms with van der Waals surface area (Å²) in [6, 6.07) is 5.83. The second kappa shape index (κ2) is 11.0. The Kier molecular flexibility index (Phi) is 8.38. The molecule has 0 saturated carbocycles. The van der Waals surface area contributed by atoms with Crippen LogP contribution < -0.4 is 4.74 Å². The van der Waals surface area contributed by atoms with E-state index in [2.05, 4.69) is 9.64 Å². The molecule has 0 atom stereocenters. The molecule has 1 amide bonds. The van der Waals surface area contributed by atoms with E-state index in [4.69, 9.17) is 4.74 Å². The van der Waals surface area contributed by atoms with E-state index >= 15 is 0 Å². The van der Waals surface area contributed by atoms with Crippen LogP contribution in [0, 0.1) is 6.92 Å². The molecule has 7 nitrogen and oxygen atoms in total. The van der Waals surface area contributed by atoms with Crippen molar-refractivity contribution >= 4 is 15.9 Å². The maximum atomic E-state index is 12.8. The lowest BCUT2D eigenvalue weighted by Crippen LogP contribution is -2.54. The van der Waals surface area contributed by atoms with Crippen molar-refractivity contribution < 1.29 is 49.0 Å². The molecule has 220 valence electrons. The first-order chi connectivity index (χ1) is 18.1. The van der Waals surface area contributed by atoms with Crippen molar-refractivity contribution in [2.24, 2.45) is 0 Å². The van der Waals surface area contributed by atoms with Crippen LogP contribution in [0.4, 0.5) is 31.1 Å². The smallest absolute Gasteiger partial charge is 0.434 e. The number of nitrogens with zero attached hydrogens (tertiary/aromatic N) is 2. The van der Waals surface area contributed by atoms with Crippen LogP contribution in [0.1, 0.15) is 49.7 Å². The second-order valence-electron chi connectivity index (χ2n) is 10.7. The first-order valence-corrected chi connectivity index (χ1v) is 14.7. The zero-order valence-corrected chi connectivity index (χ0v) is 22.3. The molecule has 3 heterocycles. The number of likely N-dealkylation sites (tertiary alicyclic amines) is 2. The van der Waals surface area contributed by atoms with Crippen molar-refractivity contribution in [3.63, 3.8) is 0 Å². The number of ether oxygens (including phenoxy) is 2. The molecule has 3 aliphatic heterocycles. The molecule has 3 saturated heterocycles. The van der Waals surface area contributed by atoms with Crippen molar-refractivity contribution in [1.82, 2.24) is 9.80 Å². The summed E-state index contributed by atoms with van der Waals surface area (Å²) in [4.78, 5) is 15.4. The number of hydrogen-bond acceptors (Lipinski definition) is 6. The fourth-order valence-corrected chi connectivity index (χ4v) is 7.24. The van der Waals surface area contributed by atoms with Gasteiger partial charge in [-0.3, -0.25) is 4.90 Å². The Bertz CT molecular complexity index is 1120. The molecule has 0 aromatic heterocycles. The minimum absolute atomic E-state index is 0.00939. The number of aryl methyl sites for hydroxylation is 1. The molecule has 0 radical (unpaired) electrons. The third-order valence-corrected chi connectivity index (χ3v) is 9.51. The van der Waals surface area contributed by atoms with Crippen LogP contribution in [0.25, 0.3) is 0 Å². The van der Waals surface area contributed by atoms with Gasteiger partial charge in [-0.05, 0) is 75.3 Å². The molecule has 39 heavy (non-hydrogen) atoms. The fourth-order valence-electron chi connectivity index (χ4n) is 5.79. The van der Waals surface area contributed by atoms with Crippen LogP contribution in [0.5, 0.6) is 5.75 Å². The van der Waals surface area contributed by atoms with Crippen molar-refractivity contribution in [3.05, 3.63) is 29.3 Å². The third kappa shape index (κ3) is 7.30. The first-order valence-electron chi connectivity index (χ1n) is 12.9. The maximum Gasteiger partial charge on any atom is 0.434 e. The van der Waals surface area contributed by atoms with Crippen LogP contribution in [0.15, 0.2) is 18.2 Å². The predicted octanol–water partition coefficient (Wildman–Crippen LogP) is 5.01. The molecule has 0 bridgehead atoms. The average Bonchev–Trinajstić information content (AvgIpc) is 3.18. The van der Waals surface area contributed by atoms with Gasteiger partial charge in [0.15, 0.2) is 9.84 Å². The van der Waals surface area contributed by atoms with E-state index in [1.165, 1.54) is 0 Å². The Hall–Kier alpha value is -2.22. The Morgan fingerprint density at radius 3 is 2.21 bits per heavy atom. The fraction of sp³-hybridized carbons (Fsp3) is 0.720. The summed E-state index contributed by atoms with van der Waals surface area (Å²) in [5.74, 6) is 0.859. The normalized spacial score (nSPS) is 22.4. The Morgan fingerprint density at radius 2 is 1.62 bits per heavy atom. The van der Waals surface area contributed by atoms with Gasteiger partial charge in [-0.1, -0.05) is 6.07 Å². The second-order valence-corrected chi connectivity index (χ2v) is 13.0. The molecular weight excluding hydrogens is 554 g/mol. The summed E-state index contributed by atoms with van der Waals surface area (Å²) in [5, 5.41) is 0. The van der Waals surface area contributed by atoms with Gasteiger partial charge >= 0.3 is 18.4 Å². The van der Waals surface area contributed by atoms with E-state index in [0.29, 0.717) is 38.0 Å². The molecule has 3 aliphatic rings. The number of sulfone groups is 1. The average molecular weight is 587 g/mol. The molecule has 0 unspecified atom stereocenters. The molecule has 3 fully saturated rings. The number of alkyl halides is 6. The molecule has 1 aromatic carbocycles. The van der Waals surface area contributed by atoms with Gasteiger partial charge < -0.3 is 14.4 Å². The third-order valence-electron chi connectivity index (χ3n) is 7.80. The highest BCUT2D eigenvalue weighted by Crippen LogP contribution is 2.41. The van der Waals surface area contributed by atoms with Gasteiger partial charge in [0, 0.05) is 25.2 Å². The standard InChI is InChI=1S/C25H32F6N2O5S/c1-17-13-18(15-20(14-17)37-19-3-11-39(35,36)12-4-19)16-33-8-2-5-23(33)6-9-32(10-7-23)22(34)38-21(24(26,27)28)25(29,30)31/h13-15,19,21H,2-12,16H2,1H3. The van der Waals surface area contributed by atoms with E-state index in [9.17, 15) is 39.6 Å². The number of carbonyl (C=O) groups excluding carboxylic acids is 1. The Labute approximate surface area is 223 Å². The summed E-state index contributed by atoms with van der Waals surface area (Å²) < 4.78 is 110. The lowest BCUT2D eigenvalue weighted by molar-refractivity contribution is -0.308. The summed E-state index contributed by atoms with van der Waals surface area (Å²) in [6.45, 7) is 3.24. The van der Waals surface area contributed by atoms with Crippen molar-refractivity contribution in [1.29, 1.82) is 0 Å². The van der Waals surface area contributed by atoms with E-state index in [1.54, 1.807) is 0 Å². The zero-order chi connectivity index (χ0) is 28.6. The highest BCUT2D eigenvalue weighted by Gasteiger charge is 2.60. The van der Waals surface area contributed by atoms with Gasteiger partial charge in [0.25, 0.3) is 6.10 Å². The van der Waals surface area contributed by atoms with Crippen LogP contribution in [-0.4, -0.2) is 85.6 Å². The highest BCUT2D eigenvalue weighted by atomic mass is 32.2. The van der Waals surface area contributed by atoms with Crippen LogP contribution in [0.3, 0.4) is 0 Å². The Balaban J connectivity index is 1.37. The molecule has 4 rings (SSSR count). The van der Waals surface area contributed by atoms with E-state index in [0.717, 1.165) is 35.4 Å². The molecule has 14 heteroatoms. The number of carbonyl (C=O) groups is 1. The SMILES string of the molecule is Cc1cc(CN2CCCC23CCN(C(=O)OC(C(F)(F)F)C(F)(F)F)CC3)cc(OC2CCS(=O)(=O)CC2)c1. The van der Waals surface area contributed by atoms with Crippen LogP contribution >= 0.6 is 0 Å². The topological polar surface area (TPSA) is 76.2 Å². The highest BCUT2D eigenvalue weighted by molar-refractivity contribution is 7.91. The monoisotopic (exact) mass is 586 g/mol. The van der Waals surface area contributed by atoms with Gasteiger partial charge in [-0.2, -0.15) is 26.3 Å². The van der Waals surface area contributed by atoms with Gasteiger partial charge in [0.05, 0.1) is 11.5 Å². The quantitative estimate of drug-likeness (QED) is 0.452. The molecule has 1 spiro atoms. The summed E-state index contributed by atoms with van der Waals surface area (Å²) in [5.41, 5.74) is 1.63. The van der Waals surface area contributed by atoms with E-state index in [1.807, 2.05) is 25.1 Å². The lowest BCUT2D eigenvalue weighted by Gasteiger charge is -2.45. The number of halogens is 6. The maximum absolute atomic E-state index is 12.8. The molecule has 1 aromatic rings. The summed E-state index contributed by atoms with van der Waals surface area (Å²) in [7, 11) is -3.00. The molecule has 0 aliphatic carbocycles. The van der Waals surface area contributed by atoms with Crippen molar-refractivity contribution in [3.8, 4) is 5.75 Å². The number of benzene rings is 1. The number of piperidine rings is 1. The Morgan fingerprint density at radius 1 is 1.00 bits per heavy atom. The number of rotatable bonds is 5. The van der Waals surface area contributed by atoms with Crippen LogP contribution in [-0.2, 0) is 21.1 Å². The minimum Gasteiger partial charge on any atom is -0.490 e. The minimum atomic E-state index is -5.75. The summed E-state index contributed by atoms with van der Waals surface area (Å²) >= 11 is 0. The van der Waals surface area contributed by atoms with Gasteiger partial charge in [-0.15, -0.1) is 0 Å². The molecule has 0 N–H and O–H groups in total. The summed E-state index contributed by atoms with van der Waals surface area (Å²) in [6.07, 6.45) is -14.1. The largest absolute Gasteiger partial charge is 0.490 e. The predicted molar refractivity (Wildman–Crippen MR) is 129 cm³/mol. The van der Waals surface area contributed by atoms with Crippen molar-refractivity contribution in [2.75, 3.05) is 31.1 Å². The van der Waals surface area contributed by atoms with Crippen molar-refractivity contribution in [2.45, 2.75) is 82.1 Å². The van der Waals surface area contributed by atoms with Gasteiger partial charge in [-0.25, -0.2) is 13.2 Å².